The molecule has 3 rings (SSSR count). The zero-order valence-electron chi connectivity index (χ0n) is 21.9. The van der Waals surface area contributed by atoms with Gasteiger partial charge in [0, 0.05) is 31.5 Å². The van der Waals surface area contributed by atoms with Gasteiger partial charge in [0.05, 0.1) is 12.6 Å². The molecule has 3 fully saturated rings. The molecule has 0 radical (unpaired) electrons. The van der Waals surface area contributed by atoms with Gasteiger partial charge in [-0.1, -0.05) is 0 Å². The van der Waals surface area contributed by atoms with Crippen molar-refractivity contribution in [1.29, 1.82) is 0 Å². The number of carbonyl (C=O) groups excluding carboxylic acids is 1. The van der Waals surface area contributed by atoms with Gasteiger partial charge in [0.25, 0.3) is 0 Å². The number of aliphatic hydroxyl groups is 7. The Labute approximate surface area is 231 Å². The Bertz CT molecular complexity index is 864. The van der Waals surface area contributed by atoms with Gasteiger partial charge in [-0.3, -0.25) is 4.79 Å². The Morgan fingerprint density at radius 2 is 1.43 bits per heavy atom. The van der Waals surface area contributed by atoms with E-state index in [9.17, 15) is 40.5 Å². The van der Waals surface area contributed by atoms with Crippen molar-refractivity contribution in [2.45, 2.75) is 117 Å². The van der Waals surface area contributed by atoms with Crippen LogP contribution in [0.1, 0.15) is 25.7 Å². The summed E-state index contributed by atoms with van der Waals surface area (Å²) in [4.78, 5) is 12.0. The van der Waals surface area contributed by atoms with E-state index in [0.29, 0.717) is 12.8 Å². The first-order valence-corrected chi connectivity index (χ1v) is 13.2. The van der Waals surface area contributed by atoms with Crippen LogP contribution in [-0.4, -0.2) is 147 Å². The highest BCUT2D eigenvalue weighted by Gasteiger charge is 2.51. The molecule has 1 saturated carbocycles. The van der Waals surface area contributed by atoms with Crippen molar-refractivity contribution < 1.29 is 59.5 Å². The van der Waals surface area contributed by atoms with E-state index in [1.165, 1.54) is 0 Å². The zero-order valence-corrected chi connectivity index (χ0v) is 21.9. The summed E-state index contributed by atoms with van der Waals surface area (Å²) in [6, 6.07) is -3.00. The monoisotopic (exact) mass is 578 g/mol. The van der Waals surface area contributed by atoms with Crippen molar-refractivity contribution in [2.75, 3.05) is 13.2 Å². The molecule has 2 heterocycles. The Kier molecular flexibility index (Phi) is 12.0. The molecule has 2 saturated heterocycles. The number of ether oxygens (including phenoxy) is 4. The van der Waals surface area contributed by atoms with E-state index >= 15 is 0 Å². The molecule has 0 unspecified atom stereocenters. The minimum Gasteiger partial charge on any atom is -0.394 e. The topological polar surface area (TPSA) is 286 Å². The van der Waals surface area contributed by atoms with Crippen LogP contribution in [0.4, 0.5) is 0 Å². The standard InChI is InChI=1S/C24H42N4O12/c1-2-3-4-5-13(30)28-7-11-16(32)18(34)19(35)24(37-11)40-22-10(26)6-9(25)21(20(22)36)39-23-17(33)14(27)15(31)12(8-29)38-23/h1,9-12,14-24,29,31-36H,3-8,25-27H2,(H,28,30)/t9-,10+,11+,12+,14-,15+,16+,17+,18-,19+,20-,21+,22-,23+,24+/m1/s1. The Morgan fingerprint density at radius 1 is 0.850 bits per heavy atom. The van der Waals surface area contributed by atoms with Crippen molar-refractivity contribution in [3.05, 3.63) is 0 Å². The summed E-state index contributed by atoms with van der Waals surface area (Å²) in [5, 5.41) is 74.9. The fourth-order valence-corrected chi connectivity index (χ4v) is 5.03. The highest BCUT2D eigenvalue weighted by Crippen LogP contribution is 2.31. The summed E-state index contributed by atoms with van der Waals surface area (Å²) >= 11 is 0. The van der Waals surface area contributed by atoms with Gasteiger partial charge in [-0.25, -0.2) is 0 Å². The first kappa shape index (κ1) is 33.0. The van der Waals surface area contributed by atoms with E-state index in [1.807, 2.05) is 0 Å². The van der Waals surface area contributed by atoms with E-state index in [-0.39, 0.29) is 25.3 Å². The maximum absolute atomic E-state index is 12.0. The number of aliphatic hydroxyl groups excluding tert-OH is 7. The molecule has 0 aromatic rings. The molecule has 0 spiro atoms. The number of hydrogen-bond donors (Lipinski definition) is 11. The summed E-state index contributed by atoms with van der Waals surface area (Å²) in [6.45, 7) is -0.834. The predicted molar refractivity (Wildman–Crippen MR) is 134 cm³/mol. The lowest BCUT2D eigenvalue weighted by molar-refractivity contribution is -0.332. The quantitative estimate of drug-likeness (QED) is 0.0849. The van der Waals surface area contributed by atoms with Crippen LogP contribution >= 0.6 is 0 Å². The molecule has 14 N–H and O–H groups in total. The fraction of sp³-hybridized carbons (Fsp3) is 0.875. The summed E-state index contributed by atoms with van der Waals surface area (Å²) in [7, 11) is 0. The van der Waals surface area contributed by atoms with E-state index in [0.717, 1.165) is 0 Å². The van der Waals surface area contributed by atoms with Gasteiger partial charge in [0.1, 0.15) is 61.0 Å². The molecule has 16 heteroatoms. The van der Waals surface area contributed by atoms with Gasteiger partial charge in [0.2, 0.25) is 5.91 Å². The minimum atomic E-state index is -1.75. The SMILES string of the molecule is C#CCCCC(=O)NC[C@@H]1O[C@@H](O[C@H]2[C@H](O)[C@@H](O[C@@H]3O[C@@H](CO)[C@H](O)[C@@H](N)[C@@H]3O)[C@H](N)C[C@@H]2N)[C@@H](O)[C@H](O)[C@H]1O. The average Bonchev–Trinajstić information content (AvgIpc) is 2.92. The molecule has 0 bridgehead atoms. The molecule has 0 aromatic heterocycles. The first-order chi connectivity index (χ1) is 18.9. The second-order valence-corrected chi connectivity index (χ2v) is 10.4. The van der Waals surface area contributed by atoms with E-state index in [2.05, 4.69) is 11.2 Å². The van der Waals surface area contributed by atoms with Crippen molar-refractivity contribution in [3.63, 3.8) is 0 Å². The summed E-state index contributed by atoms with van der Waals surface area (Å²) in [5.41, 5.74) is 18.1. The smallest absolute Gasteiger partial charge is 0.220 e. The van der Waals surface area contributed by atoms with Crippen LogP contribution in [0.25, 0.3) is 0 Å². The highest BCUT2D eigenvalue weighted by molar-refractivity contribution is 5.75. The number of unbranched alkanes of at least 4 members (excludes halogenated alkanes) is 1. The van der Waals surface area contributed by atoms with E-state index < -0.39 is 98.4 Å². The van der Waals surface area contributed by atoms with Crippen LogP contribution in [0.2, 0.25) is 0 Å². The lowest BCUT2D eigenvalue weighted by atomic mass is 9.84. The summed E-state index contributed by atoms with van der Waals surface area (Å²) in [5.74, 6) is 2.07. The van der Waals surface area contributed by atoms with Gasteiger partial charge in [-0.05, 0) is 12.8 Å². The number of carbonyl (C=O) groups is 1. The Hall–Kier alpha value is -1.53. The zero-order chi connectivity index (χ0) is 29.7. The molecule has 15 atom stereocenters. The molecule has 16 nitrogen and oxygen atoms in total. The van der Waals surface area contributed by atoms with Gasteiger partial charge in [-0.15, -0.1) is 12.3 Å². The number of hydrogen-bond acceptors (Lipinski definition) is 15. The average molecular weight is 579 g/mol. The largest absolute Gasteiger partial charge is 0.394 e. The second-order valence-electron chi connectivity index (χ2n) is 10.4. The lowest BCUT2D eigenvalue weighted by Gasteiger charge is -2.48. The van der Waals surface area contributed by atoms with Gasteiger partial charge in [0.15, 0.2) is 12.6 Å². The maximum atomic E-state index is 12.0. The molecule has 2 aliphatic heterocycles. The summed E-state index contributed by atoms with van der Waals surface area (Å²) in [6.07, 6.45) is -11.2. The fourth-order valence-electron chi connectivity index (χ4n) is 5.03. The van der Waals surface area contributed by atoms with Crippen molar-refractivity contribution in [3.8, 4) is 12.3 Å². The normalized spacial score (nSPS) is 46.0. The predicted octanol–water partition coefficient (Wildman–Crippen LogP) is -6.33. The maximum Gasteiger partial charge on any atom is 0.220 e. The van der Waals surface area contributed by atoms with E-state index in [1.54, 1.807) is 0 Å². The Morgan fingerprint density at radius 3 is 2.00 bits per heavy atom. The van der Waals surface area contributed by atoms with Crippen LogP contribution in [0, 0.1) is 12.3 Å². The van der Waals surface area contributed by atoms with Crippen molar-refractivity contribution in [2.24, 2.45) is 17.2 Å². The van der Waals surface area contributed by atoms with Gasteiger partial charge >= 0.3 is 0 Å². The molecule has 230 valence electrons. The molecule has 1 aliphatic carbocycles. The van der Waals surface area contributed by atoms with Crippen LogP contribution in [0.15, 0.2) is 0 Å². The molecule has 40 heavy (non-hydrogen) atoms. The highest BCUT2D eigenvalue weighted by atomic mass is 16.7. The van der Waals surface area contributed by atoms with Crippen molar-refractivity contribution >= 4 is 5.91 Å². The molecular weight excluding hydrogens is 536 g/mol. The first-order valence-electron chi connectivity index (χ1n) is 13.2. The minimum absolute atomic E-state index is 0.0401. The van der Waals surface area contributed by atoms with Crippen LogP contribution < -0.4 is 22.5 Å². The molecule has 1 amide bonds. The van der Waals surface area contributed by atoms with Crippen molar-refractivity contribution in [1.82, 2.24) is 5.32 Å². The number of nitrogens with two attached hydrogens (primary N) is 3. The van der Waals surface area contributed by atoms with Crippen LogP contribution in [-0.2, 0) is 23.7 Å². The third-order valence-electron chi connectivity index (χ3n) is 7.48. The lowest BCUT2D eigenvalue weighted by Crippen LogP contribution is -2.68. The van der Waals surface area contributed by atoms with Crippen LogP contribution in [0.3, 0.4) is 0 Å². The van der Waals surface area contributed by atoms with E-state index in [4.69, 9.17) is 42.6 Å². The molecule has 3 aliphatic rings. The second kappa shape index (κ2) is 14.6. The van der Waals surface area contributed by atoms with Crippen LogP contribution in [0.5, 0.6) is 0 Å². The number of amides is 1. The molecular formula is C24H42N4O12. The third-order valence-corrected chi connectivity index (χ3v) is 7.48. The third kappa shape index (κ3) is 7.45. The summed E-state index contributed by atoms with van der Waals surface area (Å²) < 4.78 is 22.6. The number of terminal acetylenes is 1. The van der Waals surface area contributed by atoms with Gasteiger partial charge < -0.3 is 77.2 Å². The van der Waals surface area contributed by atoms with Gasteiger partial charge in [-0.2, -0.15) is 0 Å². The Balaban J connectivity index is 1.67. The molecule has 0 aromatic carbocycles. The number of nitrogens with one attached hydrogen (secondary N) is 1. The number of rotatable bonds is 10.